The minimum Gasteiger partial charge on any atom is -0.481 e. The molecular weight excluding hydrogens is 278 g/mol. The topological polar surface area (TPSA) is 66.4 Å². The number of amides is 1. The minimum atomic E-state index is -0.829. The molecule has 0 saturated heterocycles. The molecule has 6 atom stereocenters. The van der Waals surface area contributed by atoms with Gasteiger partial charge < -0.3 is 10.4 Å². The molecule has 0 aliphatic heterocycles. The first-order valence-corrected chi connectivity index (χ1v) is 7.89. The van der Waals surface area contributed by atoms with Crippen molar-refractivity contribution >= 4 is 11.9 Å². The second kappa shape index (κ2) is 4.97. The maximum absolute atomic E-state index is 12.6. The maximum atomic E-state index is 12.6. The lowest BCUT2D eigenvalue weighted by atomic mass is 9.62. The molecule has 0 spiro atoms. The quantitative estimate of drug-likeness (QED) is 0.836. The summed E-state index contributed by atoms with van der Waals surface area (Å²) < 4.78 is 0. The number of hydrogen-bond acceptors (Lipinski definition) is 2. The zero-order chi connectivity index (χ0) is 15.3. The smallest absolute Gasteiger partial charge is 0.307 e. The Kier molecular flexibility index (Phi) is 3.06. The molecule has 22 heavy (non-hydrogen) atoms. The third-order valence-electron chi connectivity index (χ3n) is 5.55. The summed E-state index contributed by atoms with van der Waals surface area (Å²) >= 11 is 0. The molecule has 114 valence electrons. The number of carboxylic acids is 1. The first kappa shape index (κ1) is 13.6. The molecule has 5 rings (SSSR count). The highest BCUT2D eigenvalue weighted by molar-refractivity contribution is 5.86. The molecule has 2 N–H and O–H groups in total. The molecule has 1 aromatic carbocycles. The van der Waals surface area contributed by atoms with Crippen LogP contribution in [0.3, 0.4) is 0 Å². The largest absolute Gasteiger partial charge is 0.481 e. The molecule has 2 fully saturated rings. The van der Waals surface area contributed by atoms with Gasteiger partial charge in [-0.3, -0.25) is 9.59 Å². The van der Waals surface area contributed by atoms with E-state index in [0.29, 0.717) is 18.4 Å². The molecule has 2 bridgehead atoms. The average molecular weight is 297 g/mol. The number of benzene rings is 1. The van der Waals surface area contributed by atoms with Gasteiger partial charge in [0.25, 0.3) is 0 Å². The zero-order valence-corrected chi connectivity index (χ0v) is 12.2. The standard InChI is InChI=1S/C18H19NO3/c20-17(19-9-10-4-2-1-3-5-10)15-11-6-7-12(14-8-13(11)14)16(15)18(21)22/h1-7,11-16H,8-9H2,(H,19,20)(H,21,22)/t11-,12-,13-,14-,15-,16+/m1/s1. The second-order valence-corrected chi connectivity index (χ2v) is 6.70. The van der Waals surface area contributed by atoms with Crippen LogP contribution in [0.1, 0.15) is 12.0 Å². The van der Waals surface area contributed by atoms with Gasteiger partial charge >= 0.3 is 5.97 Å². The van der Waals surface area contributed by atoms with E-state index in [1.165, 1.54) is 0 Å². The van der Waals surface area contributed by atoms with Crippen LogP contribution in [0.4, 0.5) is 0 Å². The van der Waals surface area contributed by atoms with E-state index in [9.17, 15) is 14.7 Å². The Bertz CT molecular complexity index is 639. The van der Waals surface area contributed by atoms with Crippen molar-refractivity contribution in [2.45, 2.75) is 13.0 Å². The molecular formula is C18H19NO3. The lowest BCUT2D eigenvalue weighted by Gasteiger charge is -2.41. The van der Waals surface area contributed by atoms with E-state index in [1.807, 2.05) is 36.4 Å². The molecule has 2 saturated carbocycles. The van der Waals surface area contributed by atoms with Crippen molar-refractivity contribution < 1.29 is 14.7 Å². The molecule has 4 heteroatoms. The molecule has 0 unspecified atom stereocenters. The molecule has 4 aliphatic carbocycles. The SMILES string of the molecule is O=C(NCc1ccccc1)[C@@H]1[C@@H]2C=C[C@H]([C@H]3C[C@H]23)[C@@H]1C(=O)O. The Morgan fingerprint density at radius 2 is 1.68 bits per heavy atom. The minimum absolute atomic E-state index is 0.0416. The lowest BCUT2D eigenvalue weighted by molar-refractivity contribution is -0.153. The van der Waals surface area contributed by atoms with Crippen LogP contribution in [0.2, 0.25) is 0 Å². The van der Waals surface area contributed by atoms with Crippen molar-refractivity contribution in [3.8, 4) is 0 Å². The summed E-state index contributed by atoms with van der Waals surface area (Å²) in [6, 6.07) is 9.71. The van der Waals surface area contributed by atoms with Gasteiger partial charge in [-0.2, -0.15) is 0 Å². The van der Waals surface area contributed by atoms with E-state index < -0.39 is 17.8 Å². The fourth-order valence-corrected chi connectivity index (χ4v) is 4.47. The molecule has 4 nitrogen and oxygen atoms in total. The summed E-state index contributed by atoms with van der Waals surface area (Å²) in [5, 5.41) is 12.5. The normalized spacial score (nSPS) is 37.5. The van der Waals surface area contributed by atoms with Crippen molar-refractivity contribution in [3.05, 3.63) is 48.0 Å². The zero-order valence-electron chi connectivity index (χ0n) is 12.2. The van der Waals surface area contributed by atoms with Crippen LogP contribution in [0.5, 0.6) is 0 Å². The summed E-state index contributed by atoms with van der Waals surface area (Å²) in [6.07, 6.45) is 5.21. The van der Waals surface area contributed by atoms with Gasteiger partial charge in [0.15, 0.2) is 0 Å². The van der Waals surface area contributed by atoms with E-state index in [1.54, 1.807) is 0 Å². The molecule has 1 aromatic rings. The van der Waals surface area contributed by atoms with Gasteiger partial charge in [0.2, 0.25) is 5.91 Å². The first-order chi connectivity index (χ1) is 10.7. The summed E-state index contributed by atoms with van der Waals surface area (Å²) in [7, 11) is 0. The first-order valence-electron chi connectivity index (χ1n) is 7.89. The van der Waals surface area contributed by atoms with E-state index in [-0.39, 0.29) is 17.7 Å². The van der Waals surface area contributed by atoms with Crippen molar-refractivity contribution in [2.75, 3.05) is 0 Å². The predicted molar refractivity (Wildman–Crippen MR) is 80.6 cm³/mol. The third-order valence-corrected chi connectivity index (χ3v) is 5.55. The van der Waals surface area contributed by atoms with Gasteiger partial charge in [0, 0.05) is 6.54 Å². The number of rotatable bonds is 4. The third kappa shape index (κ3) is 2.05. The number of hydrogen-bond donors (Lipinski definition) is 2. The molecule has 0 aromatic heterocycles. The molecule has 0 heterocycles. The van der Waals surface area contributed by atoms with Gasteiger partial charge in [0.1, 0.15) is 0 Å². The van der Waals surface area contributed by atoms with Gasteiger partial charge in [0.05, 0.1) is 11.8 Å². The number of nitrogens with one attached hydrogen (secondary N) is 1. The van der Waals surface area contributed by atoms with E-state index >= 15 is 0 Å². The van der Waals surface area contributed by atoms with Crippen LogP contribution < -0.4 is 5.32 Å². The van der Waals surface area contributed by atoms with Gasteiger partial charge in [-0.05, 0) is 35.7 Å². The predicted octanol–water partition coefficient (Wildman–Crippen LogP) is 2.07. The number of aliphatic carboxylic acids is 1. The van der Waals surface area contributed by atoms with Gasteiger partial charge in [-0.25, -0.2) is 0 Å². The Hall–Kier alpha value is -2.10. The van der Waals surface area contributed by atoms with Crippen LogP contribution in [0, 0.1) is 35.5 Å². The lowest BCUT2D eigenvalue weighted by Crippen LogP contribution is -2.49. The van der Waals surface area contributed by atoms with Crippen molar-refractivity contribution in [3.63, 3.8) is 0 Å². The second-order valence-electron chi connectivity index (χ2n) is 6.70. The Balaban J connectivity index is 1.51. The van der Waals surface area contributed by atoms with Crippen LogP contribution in [0.25, 0.3) is 0 Å². The van der Waals surface area contributed by atoms with Crippen LogP contribution in [-0.4, -0.2) is 17.0 Å². The van der Waals surface area contributed by atoms with E-state index in [2.05, 4.69) is 11.4 Å². The Labute approximate surface area is 129 Å². The van der Waals surface area contributed by atoms with E-state index in [0.717, 1.165) is 12.0 Å². The fraction of sp³-hybridized carbons (Fsp3) is 0.444. The van der Waals surface area contributed by atoms with Crippen molar-refractivity contribution in [1.29, 1.82) is 0 Å². The fourth-order valence-electron chi connectivity index (χ4n) is 4.47. The van der Waals surface area contributed by atoms with Crippen LogP contribution in [-0.2, 0) is 16.1 Å². The highest BCUT2D eigenvalue weighted by Gasteiger charge is 2.62. The summed E-state index contributed by atoms with van der Waals surface area (Å²) in [5.41, 5.74) is 1.03. The summed E-state index contributed by atoms with van der Waals surface area (Å²) in [6.45, 7) is 0.456. The highest BCUT2D eigenvalue weighted by atomic mass is 16.4. The highest BCUT2D eigenvalue weighted by Crippen LogP contribution is 2.63. The summed E-state index contributed by atoms with van der Waals surface area (Å²) in [5.74, 6) is -0.751. The maximum Gasteiger partial charge on any atom is 0.307 e. The Morgan fingerprint density at radius 3 is 2.32 bits per heavy atom. The monoisotopic (exact) mass is 297 g/mol. The number of fused-ring (bicyclic) bond motifs is 1. The molecule has 0 radical (unpaired) electrons. The van der Waals surface area contributed by atoms with Crippen LogP contribution in [0.15, 0.2) is 42.5 Å². The van der Waals surface area contributed by atoms with Crippen molar-refractivity contribution in [2.24, 2.45) is 35.5 Å². The van der Waals surface area contributed by atoms with Crippen molar-refractivity contribution in [1.82, 2.24) is 5.32 Å². The van der Waals surface area contributed by atoms with Crippen LogP contribution >= 0.6 is 0 Å². The number of allylic oxidation sites excluding steroid dienone is 2. The average Bonchev–Trinajstić information content (AvgIpc) is 3.35. The molecule has 4 aliphatic rings. The number of carbonyl (C=O) groups excluding carboxylic acids is 1. The van der Waals surface area contributed by atoms with Gasteiger partial charge in [-0.15, -0.1) is 0 Å². The van der Waals surface area contributed by atoms with E-state index in [4.69, 9.17) is 0 Å². The summed E-state index contributed by atoms with van der Waals surface area (Å²) in [4.78, 5) is 24.3. The van der Waals surface area contributed by atoms with Gasteiger partial charge in [-0.1, -0.05) is 42.5 Å². The Morgan fingerprint density at radius 1 is 1.05 bits per heavy atom. The molecule has 1 amide bonds. The number of carbonyl (C=O) groups is 2. The number of carboxylic acid groups (broad SMARTS) is 1.